The average Bonchev–Trinajstić information content (AvgIpc) is 3.42. The first-order valence-corrected chi connectivity index (χ1v) is 12.5. The van der Waals surface area contributed by atoms with Crippen LogP contribution in [0.3, 0.4) is 0 Å². The molecular formula is C27H33N5O6. The minimum absolute atomic E-state index is 0.158. The second-order valence-electron chi connectivity index (χ2n) is 9.07. The van der Waals surface area contributed by atoms with Gasteiger partial charge in [0.05, 0.1) is 13.1 Å². The Labute approximate surface area is 220 Å². The lowest BCUT2D eigenvalue weighted by molar-refractivity contribution is -0.149. The predicted molar refractivity (Wildman–Crippen MR) is 139 cm³/mol. The van der Waals surface area contributed by atoms with Gasteiger partial charge in [-0.15, -0.1) is 0 Å². The Morgan fingerprint density at radius 2 is 1.42 bits per heavy atom. The molecule has 3 atom stereocenters. The summed E-state index contributed by atoms with van der Waals surface area (Å²) in [5.41, 5.74) is 6.97. The quantitative estimate of drug-likeness (QED) is 0.252. The van der Waals surface area contributed by atoms with E-state index >= 15 is 0 Å². The zero-order valence-electron chi connectivity index (χ0n) is 21.0. The molecule has 0 unspecified atom stereocenters. The second-order valence-corrected chi connectivity index (χ2v) is 9.07. The van der Waals surface area contributed by atoms with Crippen molar-refractivity contribution in [3.63, 3.8) is 0 Å². The number of carboxylic acid groups (broad SMARTS) is 1. The maximum absolute atomic E-state index is 13.3. The van der Waals surface area contributed by atoms with Gasteiger partial charge in [0.25, 0.3) is 0 Å². The largest absolute Gasteiger partial charge is 0.480 e. The van der Waals surface area contributed by atoms with E-state index in [2.05, 4.69) is 16.0 Å². The first-order chi connectivity index (χ1) is 18.3. The van der Waals surface area contributed by atoms with Gasteiger partial charge in [-0.1, -0.05) is 60.7 Å². The molecule has 4 amide bonds. The van der Waals surface area contributed by atoms with Crippen LogP contribution in [0, 0.1) is 0 Å². The van der Waals surface area contributed by atoms with Crippen LogP contribution in [0.25, 0.3) is 0 Å². The Hall–Kier alpha value is -4.25. The molecule has 38 heavy (non-hydrogen) atoms. The number of hydrogen-bond donors (Lipinski definition) is 5. The topological polar surface area (TPSA) is 171 Å². The van der Waals surface area contributed by atoms with Crippen molar-refractivity contribution in [1.29, 1.82) is 0 Å². The summed E-state index contributed by atoms with van der Waals surface area (Å²) in [5, 5.41) is 17.2. The van der Waals surface area contributed by atoms with Crippen LogP contribution in [0.4, 0.5) is 0 Å². The molecule has 0 aliphatic carbocycles. The molecule has 1 fully saturated rings. The van der Waals surface area contributed by atoms with Crippen LogP contribution < -0.4 is 21.7 Å². The number of likely N-dealkylation sites (tertiary alicyclic amines) is 1. The molecule has 1 heterocycles. The van der Waals surface area contributed by atoms with Gasteiger partial charge in [-0.25, -0.2) is 4.79 Å². The fourth-order valence-electron chi connectivity index (χ4n) is 4.39. The summed E-state index contributed by atoms with van der Waals surface area (Å²) in [5.74, 6) is -3.30. The third-order valence-corrected chi connectivity index (χ3v) is 6.28. The third-order valence-electron chi connectivity index (χ3n) is 6.28. The van der Waals surface area contributed by atoms with Crippen LogP contribution in [0.15, 0.2) is 60.7 Å². The van der Waals surface area contributed by atoms with Crippen molar-refractivity contribution in [2.24, 2.45) is 5.73 Å². The number of carbonyl (C=O) groups is 5. The lowest BCUT2D eigenvalue weighted by atomic mass is 10.0. The van der Waals surface area contributed by atoms with Gasteiger partial charge in [0.2, 0.25) is 23.6 Å². The molecule has 0 bridgehead atoms. The third kappa shape index (κ3) is 8.13. The lowest BCUT2D eigenvalue weighted by Gasteiger charge is -2.27. The molecule has 0 saturated carbocycles. The van der Waals surface area contributed by atoms with E-state index < -0.39 is 54.3 Å². The van der Waals surface area contributed by atoms with Crippen molar-refractivity contribution in [3.8, 4) is 0 Å². The summed E-state index contributed by atoms with van der Waals surface area (Å²) < 4.78 is 0. The number of benzene rings is 2. The highest BCUT2D eigenvalue weighted by Gasteiger charge is 2.37. The fourth-order valence-corrected chi connectivity index (χ4v) is 4.39. The highest BCUT2D eigenvalue weighted by atomic mass is 16.4. The van der Waals surface area contributed by atoms with Crippen molar-refractivity contribution in [1.82, 2.24) is 20.9 Å². The van der Waals surface area contributed by atoms with Crippen molar-refractivity contribution in [2.75, 3.05) is 19.6 Å². The Morgan fingerprint density at radius 1 is 0.868 bits per heavy atom. The van der Waals surface area contributed by atoms with Crippen LogP contribution in [-0.4, -0.2) is 77.4 Å². The SMILES string of the molecule is NCC(=O)N[C@@H](Cc1ccccc1)C(=O)NCC(=O)N[C@@H](Cc1ccccc1)C(=O)N1CCC[C@H]1C(=O)O. The Kier molecular flexibility index (Phi) is 10.4. The summed E-state index contributed by atoms with van der Waals surface area (Å²) in [6.45, 7) is -0.449. The van der Waals surface area contributed by atoms with Crippen LogP contribution in [0.1, 0.15) is 24.0 Å². The highest BCUT2D eigenvalue weighted by molar-refractivity contribution is 5.94. The Bertz CT molecular complexity index is 1130. The molecule has 2 aromatic carbocycles. The van der Waals surface area contributed by atoms with Crippen LogP contribution in [-0.2, 0) is 36.8 Å². The molecule has 0 spiro atoms. The first kappa shape index (κ1) is 28.3. The van der Waals surface area contributed by atoms with E-state index in [1.165, 1.54) is 4.90 Å². The summed E-state index contributed by atoms with van der Waals surface area (Å²) in [7, 11) is 0. The van der Waals surface area contributed by atoms with E-state index in [9.17, 15) is 29.1 Å². The van der Waals surface area contributed by atoms with E-state index in [1.54, 1.807) is 24.3 Å². The minimum Gasteiger partial charge on any atom is -0.480 e. The van der Waals surface area contributed by atoms with Crippen LogP contribution >= 0.6 is 0 Å². The van der Waals surface area contributed by atoms with Gasteiger partial charge in [-0.05, 0) is 24.0 Å². The van der Waals surface area contributed by atoms with E-state index in [0.29, 0.717) is 12.8 Å². The molecular weight excluding hydrogens is 490 g/mol. The van der Waals surface area contributed by atoms with Crippen molar-refractivity contribution in [3.05, 3.63) is 71.8 Å². The van der Waals surface area contributed by atoms with Crippen LogP contribution in [0.2, 0.25) is 0 Å². The highest BCUT2D eigenvalue weighted by Crippen LogP contribution is 2.19. The molecule has 1 aliphatic rings. The number of nitrogens with one attached hydrogen (secondary N) is 3. The molecule has 2 aromatic rings. The van der Waals surface area contributed by atoms with E-state index in [-0.39, 0.29) is 25.9 Å². The number of nitrogens with two attached hydrogens (primary N) is 1. The molecule has 11 heteroatoms. The number of amides is 4. The average molecular weight is 524 g/mol. The molecule has 202 valence electrons. The molecule has 1 saturated heterocycles. The number of aliphatic carboxylic acids is 1. The zero-order valence-corrected chi connectivity index (χ0v) is 21.0. The molecule has 0 radical (unpaired) electrons. The Morgan fingerprint density at radius 3 is 1.97 bits per heavy atom. The summed E-state index contributed by atoms with van der Waals surface area (Å²) in [6.07, 6.45) is 1.26. The number of nitrogens with zero attached hydrogens (tertiary/aromatic N) is 1. The number of carboxylic acids is 1. The monoisotopic (exact) mass is 523 g/mol. The summed E-state index contributed by atoms with van der Waals surface area (Å²) in [4.78, 5) is 63.8. The van der Waals surface area contributed by atoms with E-state index in [1.807, 2.05) is 36.4 Å². The van der Waals surface area contributed by atoms with Crippen molar-refractivity contribution < 1.29 is 29.1 Å². The van der Waals surface area contributed by atoms with Gasteiger partial charge in [-0.2, -0.15) is 0 Å². The number of carbonyl (C=O) groups excluding carboxylic acids is 4. The van der Waals surface area contributed by atoms with Gasteiger partial charge in [0.15, 0.2) is 0 Å². The fraction of sp³-hybridized carbons (Fsp3) is 0.370. The maximum atomic E-state index is 13.3. The molecule has 6 N–H and O–H groups in total. The van der Waals surface area contributed by atoms with Gasteiger partial charge < -0.3 is 31.7 Å². The minimum atomic E-state index is -1.09. The lowest BCUT2D eigenvalue weighted by Crippen LogP contribution is -2.55. The molecule has 1 aliphatic heterocycles. The van der Waals surface area contributed by atoms with Crippen molar-refractivity contribution in [2.45, 2.75) is 43.8 Å². The molecule has 11 nitrogen and oxygen atoms in total. The number of hydrogen-bond acceptors (Lipinski definition) is 6. The molecule has 0 aromatic heterocycles. The summed E-state index contributed by atoms with van der Waals surface area (Å²) in [6, 6.07) is 15.2. The first-order valence-electron chi connectivity index (χ1n) is 12.5. The van der Waals surface area contributed by atoms with Gasteiger partial charge in [0, 0.05) is 19.4 Å². The number of rotatable bonds is 12. The second kappa shape index (κ2) is 13.9. The van der Waals surface area contributed by atoms with E-state index in [0.717, 1.165) is 11.1 Å². The molecule has 3 rings (SSSR count). The summed E-state index contributed by atoms with van der Waals surface area (Å²) >= 11 is 0. The predicted octanol–water partition coefficient (Wildman–Crippen LogP) is -0.408. The van der Waals surface area contributed by atoms with Gasteiger partial charge >= 0.3 is 5.97 Å². The van der Waals surface area contributed by atoms with Gasteiger partial charge in [0.1, 0.15) is 18.1 Å². The Balaban J connectivity index is 1.66. The standard InChI is InChI=1S/C27H33N5O6/c28-16-23(33)30-20(14-18-8-3-1-4-9-18)25(35)29-17-24(34)31-21(15-19-10-5-2-6-11-19)26(36)32-13-7-12-22(32)27(37)38/h1-6,8-11,20-22H,7,12-17,28H2,(H,29,35)(H,30,33)(H,31,34)(H,37,38)/t20-,21-,22-/m0/s1. The maximum Gasteiger partial charge on any atom is 0.326 e. The van der Waals surface area contributed by atoms with Gasteiger partial charge in [-0.3, -0.25) is 19.2 Å². The normalized spacial score (nSPS) is 16.2. The van der Waals surface area contributed by atoms with Crippen LogP contribution in [0.5, 0.6) is 0 Å². The van der Waals surface area contributed by atoms with E-state index in [4.69, 9.17) is 5.73 Å². The zero-order chi connectivity index (χ0) is 27.5. The van der Waals surface area contributed by atoms with Crippen molar-refractivity contribution >= 4 is 29.6 Å². The smallest absolute Gasteiger partial charge is 0.326 e.